The quantitative estimate of drug-likeness (QED) is 0.232. The van der Waals surface area contributed by atoms with Gasteiger partial charge in [-0.05, 0) is 41.2 Å². The van der Waals surface area contributed by atoms with E-state index in [1.807, 2.05) is 68.4 Å². The molecule has 3 aromatic rings. The fraction of sp³-hybridized carbons (Fsp3) is 0.308. The minimum Gasteiger partial charge on any atom is -0.376 e. The third-order valence-corrected chi connectivity index (χ3v) is 7.06. The van der Waals surface area contributed by atoms with Crippen LogP contribution >= 0.6 is 12.6 Å². The second kappa shape index (κ2) is 11.8. The van der Waals surface area contributed by atoms with Gasteiger partial charge in [0, 0.05) is 6.20 Å². The lowest BCUT2D eigenvalue weighted by molar-refractivity contribution is -0.123. The van der Waals surface area contributed by atoms with Gasteiger partial charge in [-0.15, -0.1) is 12.6 Å². The number of aromatic nitrogens is 1. The third-order valence-electron chi connectivity index (χ3n) is 5.42. The van der Waals surface area contributed by atoms with Crippen molar-refractivity contribution in [1.82, 2.24) is 15.0 Å². The molecule has 0 radical (unpaired) electrons. The summed E-state index contributed by atoms with van der Waals surface area (Å²) in [4.78, 5) is 15.2. The largest absolute Gasteiger partial charge is 0.376 e. The minimum absolute atomic E-state index is 0.163. The molecule has 0 bridgehead atoms. The molecule has 2 aromatic carbocycles. The van der Waals surface area contributed by atoms with Crippen molar-refractivity contribution in [3.63, 3.8) is 0 Å². The number of aliphatic hydroxyl groups is 1. The number of thiol groups is 1. The Hall–Kier alpha value is -2.72. The van der Waals surface area contributed by atoms with Gasteiger partial charge in [0.15, 0.2) is 5.03 Å². The monoisotopic (exact) mass is 513 g/mol. The first-order valence-electron chi connectivity index (χ1n) is 11.4. The molecule has 9 heteroatoms. The maximum Gasteiger partial charge on any atom is 0.258 e. The van der Waals surface area contributed by atoms with Gasteiger partial charge in [0.1, 0.15) is 4.93 Å². The number of benzene rings is 2. The Morgan fingerprint density at radius 1 is 1.00 bits per heavy atom. The van der Waals surface area contributed by atoms with Crippen LogP contribution in [0.5, 0.6) is 0 Å². The molecule has 1 aromatic heterocycles. The lowest BCUT2D eigenvalue weighted by atomic mass is 9.88. The van der Waals surface area contributed by atoms with Crippen LogP contribution in [0, 0.1) is 5.92 Å². The number of hydrogen-bond donors (Lipinski definition) is 4. The zero-order valence-corrected chi connectivity index (χ0v) is 21.5. The molecule has 0 saturated carbocycles. The van der Waals surface area contributed by atoms with Crippen LogP contribution in [0.15, 0.2) is 84.0 Å². The van der Waals surface area contributed by atoms with Crippen molar-refractivity contribution < 1.29 is 18.3 Å². The van der Waals surface area contributed by atoms with Gasteiger partial charge in [-0.25, -0.2) is 18.1 Å². The average Bonchev–Trinajstić information content (AvgIpc) is 2.86. The predicted molar refractivity (Wildman–Crippen MR) is 140 cm³/mol. The Morgan fingerprint density at radius 2 is 1.69 bits per heavy atom. The van der Waals surface area contributed by atoms with Crippen molar-refractivity contribution in [2.75, 3.05) is 13.1 Å². The molecule has 186 valence electrons. The molecular weight excluding hydrogens is 482 g/mol. The summed E-state index contributed by atoms with van der Waals surface area (Å²) in [6, 6.07) is 22.3. The topological polar surface area (TPSA) is 108 Å². The minimum atomic E-state index is -3.92. The summed E-state index contributed by atoms with van der Waals surface area (Å²) in [5.74, 6) is -0.442. The highest BCUT2D eigenvalue weighted by molar-refractivity contribution is 7.89. The molecule has 7 nitrogen and oxygen atoms in total. The van der Waals surface area contributed by atoms with E-state index in [4.69, 9.17) is 0 Å². The normalized spacial score (nSPS) is 14.3. The number of hydrogen-bond acceptors (Lipinski definition) is 6. The van der Waals surface area contributed by atoms with Crippen LogP contribution in [0.2, 0.25) is 0 Å². The first kappa shape index (κ1) is 26.9. The van der Waals surface area contributed by atoms with E-state index in [0.717, 1.165) is 16.7 Å². The van der Waals surface area contributed by atoms with Gasteiger partial charge < -0.3 is 10.4 Å². The Labute approximate surface area is 212 Å². The third kappa shape index (κ3) is 7.90. The molecule has 1 heterocycles. The van der Waals surface area contributed by atoms with Crippen molar-refractivity contribution in [2.24, 2.45) is 5.92 Å². The van der Waals surface area contributed by atoms with Gasteiger partial charge in [0.25, 0.3) is 10.0 Å². The van der Waals surface area contributed by atoms with E-state index in [0.29, 0.717) is 6.42 Å². The highest BCUT2D eigenvalue weighted by Gasteiger charge is 2.29. The van der Waals surface area contributed by atoms with Crippen molar-refractivity contribution in [3.05, 3.63) is 84.6 Å². The summed E-state index contributed by atoms with van der Waals surface area (Å²) < 4.78 is 27.0. The molecule has 0 aliphatic carbocycles. The Balaban J connectivity index is 1.68. The van der Waals surface area contributed by atoms with Gasteiger partial charge in [-0.2, -0.15) is 0 Å². The van der Waals surface area contributed by atoms with E-state index in [2.05, 4.69) is 27.7 Å². The Kier molecular flexibility index (Phi) is 9.07. The summed E-state index contributed by atoms with van der Waals surface area (Å²) >= 11 is 4.17. The molecule has 0 spiro atoms. The number of carbonyl (C=O) groups excluding carboxylic acids is 1. The maximum atomic E-state index is 13.2. The molecule has 35 heavy (non-hydrogen) atoms. The molecule has 0 aliphatic rings. The predicted octanol–water partition coefficient (Wildman–Crippen LogP) is 3.59. The summed E-state index contributed by atoms with van der Waals surface area (Å²) in [6.45, 7) is 3.44. The standard InChI is InChI=1S/C26H31N3O4S2/c1-19(2)15-23(22-12-8-11-21(16-22)20-9-4-3-5-10-20)25(30)28-17-26(31,34)18-29-35(32,33)24-13-6-7-14-27-24/h3-14,16,19,23,29,31,34H,15,17-18H2,1-2H3,(H,28,30)/t23-,26+/m1/s1. The van der Waals surface area contributed by atoms with Gasteiger partial charge in [-0.1, -0.05) is 74.5 Å². The van der Waals surface area contributed by atoms with Crippen molar-refractivity contribution >= 4 is 28.6 Å². The van der Waals surface area contributed by atoms with Crippen molar-refractivity contribution in [1.29, 1.82) is 0 Å². The zero-order valence-electron chi connectivity index (χ0n) is 19.8. The van der Waals surface area contributed by atoms with E-state index >= 15 is 0 Å². The molecule has 0 unspecified atom stereocenters. The average molecular weight is 514 g/mol. The number of nitrogens with zero attached hydrogens (tertiary/aromatic N) is 1. The van der Waals surface area contributed by atoms with E-state index in [1.165, 1.54) is 12.3 Å². The summed E-state index contributed by atoms with van der Waals surface area (Å²) in [5, 5.41) is 13.2. The number of pyridine rings is 1. The molecule has 3 rings (SSSR count). The van der Waals surface area contributed by atoms with Crippen LogP contribution in [0.25, 0.3) is 11.1 Å². The SMILES string of the molecule is CC(C)C[C@@H](C(=O)NC[C@](O)(S)CNS(=O)(=O)c1ccccn1)c1cccc(-c2ccccc2)c1. The van der Waals surface area contributed by atoms with Crippen LogP contribution in [-0.2, 0) is 14.8 Å². The lowest BCUT2D eigenvalue weighted by Gasteiger charge is -2.25. The molecule has 1 amide bonds. The highest BCUT2D eigenvalue weighted by atomic mass is 32.2. The summed E-state index contributed by atoms with van der Waals surface area (Å²) in [7, 11) is -3.92. The van der Waals surface area contributed by atoms with Crippen LogP contribution in [0.1, 0.15) is 31.7 Å². The van der Waals surface area contributed by atoms with E-state index in [-0.39, 0.29) is 23.4 Å². The molecule has 0 aliphatic heterocycles. The Morgan fingerprint density at radius 3 is 2.34 bits per heavy atom. The molecule has 0 saturated heterocycles. The fourth-order valence-corrected chi connectivity index (χ4v) is 4.94. The smallest absolute Gasteiger partial charge is 0.258 e. The number of sulfonamides is 1. The van der Waals surface area contributed by atoms with Crippen LogP contribution < -0.4 is 10.0 Å². The second-order valence-electron chi connectivity index (χ2n) is 8.87. The summed E-state index contributed by atoms with van der Waals surface area (Å²) in [5.41, 5.74) is 2.94. The van der Waals surface area contributed by atoms with Gasteiger partial charge in [-0.3, -0.25) is 4.79 Å². The molecule has 0 fully saturated rings. The Bertz CT molecular complexity index is 1220. The van der Waals surface area contributed by atoms with Crippen molar-refractivity contribution in [2.45, 2.75) is 36.1 Å². The lowest BCUT2D eigenvalue weighted by Crippen LogP contribution is -2.48. The number of amides is 1. The van der Waals surface area contributed by atoms with Crippen molar-refractivity contribution in [3.8, 4) is 11.1 Å². The molecule has 2 atom stereocenters. The molecule has 3 N–H and O–H groups in total. The maximum absolute atomic E-state index is 13.2. The van der Waals surface area contributed by atoms with E-state index in [1.54, 1.807) is 12.1 Å². The van der Waals surface area contributed by atoms with Gasteiger partial charge >= 0.3 is 0 Å². The highest BCUT2D eigenvalue weighted by Crippen LogP contribution is 2.28. The van der Waals surface area contributed by atoms with E-state index < -0.39 is 27.4 Å². The first-order chi connectivity index (χ1) is 16.6. The van der Waals surface area contributed by atoms with Crippen LogP contribution in [0.4, 0.5) is 0 Å². The van der Waals surface area contributed by atoms with Crippen LogP contribution in [-0.4, -0.2) is 42.4 Å². The van der Waals surface area contributed by atoms with Crippen LogP contribution in [0.3, 0.4) is 0 Å². The zero-order chi connectivity index (χ0) is 25.5. The van der Waals surface area contributed by atoms with E-state index in [9.17, 15) is 18.3 Å². The van der Waals surface area contributed by atoms with Gasteiger partial charge in [0.2, 0.25) is 5.91 Å². The van der Waals surface area contributed by atoms with Gasteiger partial charge in [0.05, 0.1) is 19.0 Å². The number of rotatable bonds is 11. The number of carbonyl (C=O) groups is 1. The number of nitrogens with one attached hydrogen (secondary N) is 2. The fourth-order valence-electron chi connectivity index (χ4n) is 3.64. The first-order valence-corrected chi connectivity index (χ1v) is 13.3. The summed E-state index contributed by atoms with van der Waals surface area (Å²) in [6.07, 6.45) is 1.98. The molecular formula is C26H31N3O4S2. The second-order valence-corrected chi connectivity index (χ2v) is 11.4.